The van der Waals surface area contributed by atoms with E-state index in [-0.39, 0.29) is 6.09 Å². The third-order valence-corrected chi connectivity index (χ3v) is 4.01. The lowest BCUT2D eigenvalue weighted by Crippen LogP contribution is -2.36. The Kier molecular flexibility index (Phi) is 5.05. The quantitative estimate of drug-likeness (QED) is 0.928. The van der Waals surface area contributed by atoms with Crippen LogP contribution in [-0.4, -0.2) is 36.2 Å². The SMILES string of the molecule is CC(C)(C)OC(=O)N1CC[C@H](CNCc2ccsc2)C1. The van der Waals surface area contributed by atoms with Gasteiger partial charge < -0.3 is 15.0 Å². The van der Waals surface area contributed by atoms with Crippen LogP contribution in [0.3, 0.4) is 0 Å². The molecule has 20 heavy (non-hydrogen) atoms. The zero-order valence-corrected chi connectivity index (χ0v) is 13.3. The lowest BCUT2D eigenvalue weighted by atomic mass is 10.1. The molecule has 4 nitrogen and oxygen atoms in total. The smallest absolute Gasteiger partial charge is 0.410 e. The van der Waals surface area contributed by atoms with E-state index in [1.807, 2.05) is 25.7 Å². The average Bonchev–Trinajstić information content (AvgIpc) is 2.97. The molecule has 0 radical (unpaired) electrons. The van der Waals surface area contributed by atoms with Crippen molar-refractivity contribution in [2.75, 3.05) is 19.6 Å². The van der Waals surface area contributed by atoms with E-state index in [0.29, 0.717) is 5.92 Å². The Balaban J connectivity index is 1.68. The number of likely N-dealkylation sites (tertiary alicyclic amines) is 1. The van der Waals surface area contributed by atoms with Crippen LogP contribution in [0, 0.1) is 5.92 Å². The van der Waals surface area contributed by atoms with E-state index in [9.17, 15) is 4.79 Å². The molecule has 1 aliphatic heterocycles. The fourth-order valence-corrected chi connectivity index (χ4v) is 2.97. The Morgan fingerprint density at radius 2 is 2.35 bits per heavy atom. The third kappa shape index (κ3) is 4.80. The van der Waals surface area contributed by atoms with E-state index < -0.39 is 5.60 Å². The predicted molar refractivity (Wildman–Crippen MR) is 81.9 cm³/mol. The average molecular weight is 296 g/mol. The molecular formula is C15H24N2O2S. The number of hydrogen-bond donors (Lipinski definition) is 1. The van der Waals surface area contributed by atoms with Gasteiger partial charge in [-0.2, -0.15) is 11.3 Å². The maximum Gasteiger partial charge on any atom is 0.410 e. The molecule has 0 aromatic carbocycles. The number of carbonyl (C=O) groups excluding carboxylic acids is 1. The molecule has 1 saturated heterocycles. The molecule has 2 rings (SSSR count). The van der Waals surface area contributed by atoms with Gasteiger partial charge in [0, 0.05) is 26.2 Å². The molecule has 0 bridgehead atoms. The van der Waals surface area contributed by atoms with Crippen LogP contribution in [0.4, 0.5) is 4.79 Å². The summed E-state index contributed by atoms with van der Waals surface area (Å²) in [6.45, 7) is 9.18. The normalized spacial score (nSPS) is 19.4. The number of amides is 1. The second kappa shape index (κ2) is 6.59. The molecule has 112 valence electrons. The zero-order valence-electron chi connectivity index (χ0n) is 12.5. The molecule has 1 amide bonds. The van der Waals surface area contributed by atoms with Crippen LogP contribution in [0.1, 0.15) is 32.8 Å². The van der Waals surface area contributed by atoms with E-state index in [1.165, 1.54) is 5.56 Å². The Bertz CT molecular complexity index is 426. The lowest BCUT2D eigenvalue weighted by Gasteiger charge is -2.24. The number of hydrogen-bond acceptors (Lipinski definition) is 4. The van der Waals surface area contributed by atoms with Crippen molar-refractivity contribution < 1.29 is 9.53 Å². The van der Waals surface area contributed by atoms with Crippen LogP contribution in [0.2, 0.25) is 0 Å². The van der Waals surface area contributed by atoms with Crippen molar-refractivity contribution in [3.63, 3.8) is 0 Å². The summed E-state index contributed by atoms with van der Waals surface area (Å²) in [5.74, 6) is 0.529. The van der Waals surface area contributed by atoms with Crippen LogP contribution in [0.5, 0.6) is 0 Å². The molecule has 0 unspecified atom stereocenters. The first-order chi connectivity index (χ1) is 9.44. The van der Waals surface area contributed by atoms with Gasteiger partial charge in [-0.3, -0.25) is 0 Å². The van der Waals surface area contributed by atoms with Gasteiger partial charge in [-0.05, 0) is 55.5 Å². The van der Waals surface area contributed by atoms with Gasteiger partial charge in [0.15, 0.2) is 0 Å². The van der Waals surface area contributed by atoms with Crippen LogP contribution >= 0.6 is 11.3 Å². The summed E-state index contributed by atoms with van der Waals surface area (Å²) in [5, 5.41) is 7.72. The molecule has 1 N–H and O–H groups in total. The number of carbonyl (C=O) groups is 1. The summed E-state index contributed by atoms with van der Waals surface area (Å²) in [4.78, 5) is 13.8. The van der Waals surface area contributed by atoms with Gasteiger partial charge in [0.2, 0.25) is 0 Å². The summed E-state index contributed by atoms with van der Waals surface area (Å²) in [5.41, 5.74) is 0.920. The van der Waals surface area contributed by atoms with Crippen LogP contribution in [-0.2, 0) is 11.3 Å². The molecule has 0 saturated carbocycles. The largest absolute Gasteiger partial charge is 0.444 e. The fraction of sp³-hybridized carbons (Fsp3) is 0.667. The van der Waals surface area contributed by atoms with E-state index in [0.717, 1.165) is 32.6 Å². The molecule has 1 aliphatic rings. The molecule has 2 heterocycles. The van der Waals surface area contributed by atoms with Gasteiger partial charge in [0.25, 0.3) is 0 Å². The lowest BCUT2D eigenvalue weighted by molar-refractivity contribution is 0.0288. The summed E-state index contributed by atoms with van der Waals surface area (Å²) in [6.07, 6.45) is 0.869. The highest BCUT2D eigenvalue weighted by Crippen LogP contribution is 2.19. The summed E-state index contributed by atoms with van der Waals surface area (Å²) in [7, 11) is 0. The van der Waals surface area contributed by atoms with Gasteiger partial charge in [0.05, 0.1) is 0 Å². The van der Waals surface area contributed by atoms with Gasteiger partial charge in [0.1, 0.15) is 5.60 Å². The number of rotatable bonds is 4. The van der Waals surface area contributed by atoms with Crippen LogP contribution < -0.4 is 5.32 Å². The van der Waals surface area contributed by atoms with Crippen molar-refractivity contribution in [3.05, 3.63) is 22.4 Å². The minimum Gasteiger partial charge on any atom is -0.444 e. The maximum atomic E-state index is 12.0. The first-order valence-corrected chi connectivity index (χ1v) is 8.08. The predicted octanol–water partition coefficient (Wildman–Crippen LogP) is 3.09. The highest BCUT2D eigenvalue weighted by Gasteiger charge is 2.29. The minimum absolute atomic E-state index is 0.183. The van der Waals surface area contributed by atoms with Gasteiger partial charge in [-0.25, -0.2) is 4.79 Å². The van der Waals surface area contributed by atoms with E-state index >= 15 is 0 Å². The van der Waals surface area contributed by atoms with Crippen LogP contribution in [0.15, 0.2) is 16.8 Å². The zero-order chi connectivity index (χ0) is 14.6. The Hall–Kier alpha value is -1.07. The highest BCUT2D eigenvalue weighted by molar-refractivity contribution is 7.07. The van der Waals surface area contributed by atoms with Gasteiger partial charge in [-0.1, -0.05) is 0 Å². The molecule has 1 fully saturated rings. The number of nitrogens with zero attached hydrogens (tertiary/aromatic N) is 1. The van der Waals surface area contributed by atoms with Crippen molar-refractivity contribution in [2.24, 2.45) is 5.92 Å². The summed E-state index contributed by atoms with van der Waals surface area (Å²) in [6, 6.07) is 2.14. The first-order valence-electron chi connectivity index (χ1n) is 7.14. The maximum absolute atomic E-state index is 12.0. The second-order valence-corrected chi connectivity index (χ2v) is 7.12. The van der Waals surface area contributed by atoms with Crippen molar-refractivity contribution in [3.8, 4) is 0 Å². The monoisotopic (exact) mass is 296 g/mol. The molecule has 5 heteroatoms. The molecule has 1 atom stereocenters. The van der Waals surface area contributed by atoms with Crippen molar-refractivity contribution in [1.82, 2.24) is 10.2 Å². The topological polar surface area (TPSA) is 41.6 Å². The molecule has 1 aromatic heterocycles. The van der Waals surface area contributed by atoms with E-state index in [2.05, 4.69) is 22.1 Å². The van der Waals surface area contributed by atoms with E-state index in [4.69, 9.17) is 4.74 Å². The molecule has 1 aromatic rings. The Labute approximate surface area is 125 Å². The molecular weight excluding hydrogens is 272 g/mol. The number of nitrogens with one attached hydrogen (secondary N) is 1. The number of ether oxygens (including phenoxy) is 1. The highest BCUT2D eigenvalue weighted by atomic mass is 32.1. The van der Waals surface area contributed by atoms with Gasteiger partial charge >= 0.3 is 6.09 Å². The standard InChI is InChI=1S/C15H24N2O2S/c1-15(2,3)19-14(18)17-6-4-12(10-17)8-16-9-13-5-7-20-11-13/h5,7,11-12,16H,4,6,8-10H2,1-3H3/t12-/m1/s1. The molecule has 0 spiro atoms. The molecule has 0 aliphatic carbocycles. The first kappa shape index (κ1) is 15.3. The fourth-order valence-electron chi connectivity index (χ4n) is 2.31. The van der Waals surface area contributed by atoms with E-state index in [1.54, 1.807) is 11.3 Å². The third-order valence-electron chi connectivity index (χ3n) is 3.28. The van der Waals surface area contributed by atoms with Crippen LogP contribution in [0.25, 0.3) is 0 Å². The van der Waals surface area contributed by atoms with Crippen molar-refractivity contribution >= 4 is 17.4 Å². The summed E-state index contributed by atoms with van der Waals surface area (Å²) < 4.78 is 5.40. The second-order valence-electron chi connectivity index (χ2n) is 6.34. The minimum atomic E-state index is -0.410. The van der Waals surface area contributed by atoms with Crippen molar-refractivity contribution in [2.45, 2.75) is 39.3 Å². The Morgan fingerprint density at radius 3 is 3.00 bits per heavy atom. The Morgan fingerprint density at radius 1 is 1.55 bits per heavy atom. The number of thiophene rings is 1. The van der Waals surface area contributed by atoms with Gasteiger partial charge in [-0.15, -0.1) is 0 Å². The van der Waals surface area contributed by atoms with Crippen molar-refractivity contribution in [1.29, 1.82) is 0 Å². The summed E-state index contributed by atoms with van der Waals surface area (Å²) >= 11 is 1.72.